The second-order valence-corrected chi connectivity index (χ2v) is 13.5. The molecule has 0 aliphatic heterocycles. The molecule has 0 fully saturated rings. The van der Waals surface area contributed by atoms with Crippen LogP contribution in [0.5, 0.6) is 0 Å². The lowest BCUT2D eigenvalue weighted by molar-refractivity contribution is 0.443. The summed E-state index contributed by atoms with van der Waals surface area (Å²) in [5.41, 5.74) is 6.76. The van der Waals surface area contributed by atoms with E-state index in [0.717, 1.165) is 25.2 Å². The molecule has 0 saturated heterocycles. The molecule has 0 heterocycles. The molecule has 1 nitrogen and oxygen atoms in total. The molecule has 0 amide bonds. The van der Waals surface area contributed by atoms with Crippen molar-refractivity contribution in [3.63, 3.8) is 0 Å². The Morgan fingerprint density at radius 1 is 0.485 bits per heavy atom. The molecule has 0 radical (unpaired) electrons. The molecule has 0 aliphatic rings. The molecule has 4 rings (SSSR count). The van der Waals surface area contributed by atoms with E-state index in [1.165, 1.54) is 21.2 Å². The van der Waals surface area contributed by atoms with Crippen molar-refractivity contribution in [3.8, 4) is 0 Å². The van der Waals surface area contributed by atoms with Crippen LogP contribution in [0.1, 0.15) is 19.8 Å². The van der Waals surface area contributed by atoms with Crippen molar-refractivity contribution in [1.82, 2.24) is 0 Å². The van der Waals surface area contributed by atoms with E-state index in [1.54, 1.807) is 0 Å². The summed E-state index contributed by atoms with van der Waals surface area (Å²) in [6.07, 6.45) is 4.28. The van der Waals surface area contributed by atoms with Crippen LogP contribution in [-0.4, -0.2) is 17.9 Å². The minimum Gasteiger partial charge on any atom is -0.325 e. The predicted molar refractivity (Wildman–Crippen MR) is 150 cm³/mol. The maximum absolute atomic E-state index is 6.95. The lowest BCUT2D eigenvalue weighted by atomic mass is 9.97. The minimum absolute atomic E-state index is 0.186. The Hall–Kier alpha value is -2.30. The largest absolute Gasteiger partial charge is 0.325 e. The van der Waals surface area contributed by atoms with Crippen molar-refractivity contribution in [2.24, 2.45) is 5.73 Å². The van der Waals surface area contributed by atoms with Gasteiger partial charge < -0.3 is 5.73 Å². The van der Waals surface area contributed by atoms with E-state index in [2.05, 4.69) is 128 Å². The van der Waals surface area contributed by atoms with Crippen LogP contribution in [0.15, 0.2) is 121 Å². The van der Waals surface area contributed by atoms with Gasteiger partial charge in [0.2, 0.25) is 0 Å². The predicted octanol–water partition coefficient (Wildman–Crippen LogP) is 5.75. The van der Waals surface area contributed by atoms with Crippen molar-refractivity contribution < 1.29 is 0 Å². The quantitative estimate of drug-likeness (QED) is 0.294. The number of rotatable bonds is 10. The average Bonchev–Trinajstić information content (AvgIpc) is 2.87. The maximum atomic E-state index is 6.95. The Kier molecular flexibility index (Phi) is 8.46. The first-order valence-corrected chi connectivity index (χ1v) is 14.7. The second-order valence-electron chi connectivity index (χ2n) is 8.80. The molecule has 0 saturated carbocycles. The topological polar surface area (TPSA) is 26.0 Å². The van der Waals surface area contributed by atoms with E-state index in [0.29, 0.717) is 0 Å². The molecule has 0 unspecified atom stereocenters. The zero-order chi connectivity index (χ0) is 22.9. The van der Waals surface area contributed by atoms with Crippen LogP contribution in [0, 0.1) is 0 Å². The fourth-order valence-electron chi connectivity index (χ4n) is 4.11. The van der Waals surface area contributed by atoms with Gasteiger partial charge in [0.05, 0.1) is 0 Å². The lowest BCUT2D eigenvalue weighted by Gasteiger charge is -2.30. The maximum Gasteiger partial charge on any atom is 0.0133 e. The fraction of sp³-hybridized carbons (Fsp3) is 0.200. The minimum atomic E-state index is -0.404. The molecule has 0 aliphatic carbocycles. The Morgan fingerprint density at radius 3 is 0.970 bits per heavy atom. The summed E-state index contributed by atoms with van der Waals surface area (Å²) in [4.78, 5) is 0. The van der Waals surface area contributed by atoms with Gasteiger partial charge in [-0.1, -0.05) is 121 Å². The van der Waals surface area contributed by atoms with Crippen molar-refractivity contribution in [2.75, 3.05) is 12.3 Å². The summed E-state index contributed by atoms with van der Waals surface area (Å²) < 4.78 is 0. The van der Waals surface area contributed by atoms with Crippen LogP contribution in [0.3, 0.4) is 0 Å². The Labute approximate surface area is 201 Å². The SMILES string of the molecule is CC(N)(CCP(c1ccccc1)c1ccccc1)CCP(c1ccccc1)c1ccccc1. The normalized spacial score (nSPS) is 11.8. The molecule has 2 N–H and O–H groups in total. The monoisotopic (exact) mass is 469 g/mol. The summed E-state index contributed by atoms with van der Waals surface area (Å²) in [6.45, 7) is 2.25. The number of benzene rings is 4. The van der Waals surface area contributed by atoms with Crippen LogP contribution in [0.4, 0.5) is 0 Å². The van der Waals surface area contributed by atoms with Gasteiger partial charge >= 0.3 is 0 Å². The van der Waals surface area contributed by atoms with Gasteiger partial charge in [0.15, 0.2) is 0 Å². The van der Waals surface area contributed by atoms with E-state index in [4.69, 9.17) is 5.73 Å². The van der Waals surface area contributed by atoms with E-state index in [9.17, 15) is 0 Å². The van der Waals surface area contributed by atoms with Crippen LogP contribution >= 0.6 is 15.8 Å². The summed E-state index contributed by atoms with van der Waals surface area (Å²) in [5.74, 6) is 0. The van der Waals surface area contributed by atoms with Crippen LogP contribution < -0.4 is 27.0 Å². The molecular weight excluding hydrogens is 436 g/mol. The van der Waals surface area contributed by atoms with Gasteiger partial charge in [0, 0.05) is 5.54 Å². The Balaban J connectivity index is 1.47. The smallest absolute Gasteiger partial charge is 0.0133 e. The molecule has 33 heavy (non-hydrogen) atoms. The van der Waals surface area contributed by atoms with Crippen molar-refractivity contribution in [1.29, 1.82) is 0 Å². The number of hydrogen-bond donors (Lipinski definition) is 1. The first kappa shape index (κ1) is 23.8. The summed E-state index contributed by atoms with van der Waals surface area (Å²) in [7, 11) is -0.807. The van der Waals surface area contributed by atoms with Gasteiger partial charge in [0.25, 0.3) is 0 Å². The highest BCUT2D eigenvalue weighted by Gasteiger charge is 2.24. The highest BCUT2D eigenvalue weighted by Crippen LogP contribution is 2.39. The zero-order valence-electron chi connectivity index (χ0n) is 19.3. The zero-order valence-corrected chi connectivity index (χ0v) is 21.1. The molecule has 4 aromatic rings. The molecule has 168 valence electrons. The van der Waals surface area contributed by atoms with Gasteiger partial charge in [-0.15, -0.1) is 0 Å². The van der Waals surface area contributed by atoms with Gasteiger partial charge in [0.1, 0.15) is 0 Å². The fourth-order valence-corrected chi connectivity index (χ4v) is 9.33. The van der Waals surface area contributed by atoms with Crippen LogP contribution in [0.2, 0.25) is 0 Å². The summed E-state index contributed by atoms with van der Waals surface area (Å²) >= 11 is 0. The van der Waals surface area contributed by atoms with E-state index in [-0.39, 0.29) is 5.54 Å². The van der Waals surface area contributed by atoms with Crippen molar-refractivity contribution >= 4 is 37.1 Å². The molecular formula is C30H33NP2. The molecule has 0 aromatic heterocycles. The van der Waals surface area contributed by atoms with Crippen LogP contribution in [-0.2, 0) is 0 Å². The lowest BCUT2D eigenvalue weighted by Crippen LogP contribution is -2.39. The highest BCUT2D eigenvalue weighted by atomic mass is 31.1. The molecule has 0 atom stereocenters. The first-order chi connectivity index (χ1) is 16.1. The van der Waals surface area contributed by atoms with E-state index in [1.807, 2.05) is 0 Å². The highest BCUT2D eigenvalue weighted by molar-refractivity contribution is 7.73. The number of nitrogens with two attached hydrogens (primary N) is 1. The van der Waals surface area contributed by atoms with Gasteiger partial charge in [-0.3, -0.25) is 0 Å². The van der Waals surface area contributed by atoms with Crippen LogP contribution in [0.25, 0.3) is 0 Å². The third-order valence-electron chi connectivity index (χ3n) is 6.08. The van der Waals surface area contributed by atoms with Gasteiger partial charge in [-0.2, -0.15) is 0 Å². The average molecular weight is 470 g/mol. The molecule has 3 heteroatoms. The Morgan fingerprint density at radius 2 is 0.727 bits per heavy atom. The molecule has 4 aromatic carbocycles. The summed E-state index contributed by atoms with van der Waals surface area (Å²) in [5, 5.41) is 5.74. The molecule has 0 bridgehead atoms. The van der Waals surface area contributed by atoms with E-state index < -0.39 is 15.8 Å². The second kappa shape index (κ2) is 11.7. The third-order valence-corrected chi connectivity index (χ3v) is 11.1. The van der Waals surface area contributed by atoms with Crippen molar-refractivity contribution in [3.05, 3.63) is 121 Å². The van der Waals surface area contributed by atoms with Gasteiger partial charge in [-0.25, -0.2) is 0 Å². The number of hydrogen-bond acceptors (Lipinski definition) is 1. The standard InChI is InChI=1S/C30H33NP2/c1-30(31,22-24-32(26-14-6-2-7-15-26)27-16-8-3-9-17-27)23-25-33(28-18-10-4-11-19-28)29-20-12-5-13-21-29/h2-21H,22-25,31H2,1H3. The Bertz CT molecular complexity index is 915. The summed E-state index contributed by atoms with van der Waals surface area (Å²) in [6, 6.07) is 43.8. The third kappa shape index (κ3) is 6.84. The van der Waals surface area contributed by atoms with Gasteiger partial charge in [-0.05, 0) is 69.2 Å². The first-order valence-electron chi connectivity index (χ1n) is 11.7. The van der Waals surface area contributed by atoms with E-state index >= 15 is 0 Å². The van der Waals surface area contributed by atoms with Crippen molar-refractivity contribution in [2.45, 2.75) is 25.3 Å². The molecule has 0 spiro atoms.